The number of benzene rings is 1. The number of Topliss-reactive ketones (excluding diaryl/α,β-unsaturated/α-hetero) is 2. The number of hydrogen-bond donors (Lipinski definition) is 1. The molecule has 0 aliphatic rings. The van der Waals surface area contributed by atoms with E-state index in [1.807, 2.05) is 31.2 Å². The molecule has 6 nitrogen and oxygen atoms in total. The number of aromatic nitrogens is 2. The minimum atomic E-state index is -1.01. The largest absolute Gasteiger partial charge is 0.449 e. The van der Waals surface area contributed by atoms with Crippen molar-refractivity contribution in [1.82, 2.24) is 9.97 Å². The Kier molecular flexibility index (Phi) is 5.79. The zero-order valence-corrected chi connectivity index (χ0v) is 17.8. The van der Waals surface area contributed by atoms with E-state index in [0.29, 0.717) is 21.8 Å². The Morgan fingerprint density at radius 2 is 1.76 bits per heavy atom. The molecule has 3 aromatic rings. The van der Waals surface area contributed by atoms with E-state index in [9.17, 15) is 14.4 Å². The maximum atomic E-state index is 12.7. The molecule has 0 unspecified atom stereocenters. The highest BCUT2D eigenvalue weighted by molar-refractivity contribution is 7.13. The van der Waals surface area contributed by atoms with Gasteiger partial charge in [0, 0.05) is 22.2 Å². The van der Waals surface area contributed by atoms with Gasteiger partial charge in [-0.2, -0.15) is 0 Å². The summed E-state index contributed by atoms with van der Waals surface area (Å²) < 4.78 is 5.34. The number of nitrogens with one attached hydrogen (secondary N) is 1. The van der Waals surface area contributed by atoms with Gasteiger partial charge in [0.15, 0.2) is 17.6 Å². The summed E-state index contributed by atoms with van der Waals surface area (Å²) in [6, 6.07) is 7.84. The van der Waals surface area contributed by atoms with Crippen molar-refractivity contribution in [3.63, 3.8) is 0 Å². The van der Waals surface area contributed by atoms with Gasteiger partial charge >= 0.3 is 5.97 Å². The molecule has 29 heavy (non-hydrogen) atoms. The van der Waals surface area contributed by atoms with E-state index >= 15 is 0 Å². The maximum Gasteiger partial charge on any atom is 0.358 e. The van der Waals surface area contributed by atoms with Gasteiger partial charge in [0.1, 0.15) is 5.01 Å². The Bertz CT molecular complexity index is 1090. The summed E-state index contributed by atoms with van der Waals surface area (Å²) in [6.07, 6.45) is -1.01. The van der Waals surface area contributed by atoms with E-state index in [0.717, 1.165) is 11.1 Å². The molecule has 0 radical (unpaired) electrons. The highest BCUT2D eigenvalue weighted by atomic mass is 32.1. The van der Waals surface area contributed by atoms with Crippen molar-refractivity contribution in [3.05, 3.63) is 63.4 Å². The smallest absolute Gasteiger partial charge is 0.358 e. The molecular weight excluding hydrogens is 388 g/mol. The second-order valence-corrected chi connectivity index (χ2v) is 7.86. The zero-order chi connectivity index (χ0) is 21.3. The van der Waals surface area contributed by atoms with Crippen LogP contribution in [0.2, 0.25) is 0 Å². The van der Waals surface area contributed by atoms with Crippen molar-refractivity contribution in [2.45, 2.75) is 40.7 Å². The first-order chi connectivity index (χ1) is 13.7. The van der Waals surface area contributed by atoms with Crippen molar-refractivity contribution in [1.29, 1.82) is 0 Å². The number of esters is 1. The standard InChI is InChI=1S/C22H22N2O4S/c1-11-6-8-16(9-7-11)21-24-17(10-29-21)22(27)28-15(5)20(26)19-12(2)18(14(4)25)13(3)23-19/h6-10,15,23H,1-5H3/t15-/m1/s1. The lowest BCUT2D eigenvalue weighted by Gasteiger charge is -2.11. The van der Waals surface area contributed by atoms with Crippen LogP contribution >= 0.6 is 11.3 Å². The van der Waals surface area contributed by atoms with Gasteiger partial charge in [-0.15, -0.1) is 11.3 Å². The summed E-state index contributed by atoms with van der Waals surface area (Å²) in [6.45, 7) is 8.40. The molecule has 0 spiro atoms. The number of hydrogen-bond acceptors (Lipinski definition) is 6. The summed E-state index contributed by atoms with van der Waals surface area (Å²) in [7, 11) is 0. The van der Waals surface area contributed by atoms with Gasteiger partial charge in [0.05, 0.1) is 5.69 Å². The van der Waals surface area contributed by atoms with Gasteiger partial charge in [-0.25, -0.2) is 9.78 Å². The predicted octanol–water partition coefficient (Wildman–Crippen LogP) is 4.69. The molecule has 1 N–H and O–H groups in total. The molecular formula is C22H22N2O4S. The first-order valence-electron chi connectivity index (χ1n) is 9.17. The second kappa shape index (κ2) is 8.13. The molecule has 1 aromatic carbocycles. The number of aromatic amines is 1. The van der Waals surface area contributed by atoms with Crippen LogP contribution in [0.3, 0.4) is 0 Å². The number of ketones is 2. The molecule has 150 valence electrons. The Balaban J connectivity index is 1.74. The lowest BCUT2D eigenvalue weighted by molar-refractivity contribution is 0.0312. The highest BCUT2D eigenvalue weighted by Crippen LogP contribution is 2.25. The maximum absolute atomic E-state index is 12.7. The number of aryl methyl sites for hydroxylation is 2. The van der Waals surface area contributed by atoms with Crippen molar-refractivity contribution >= 4 is 28.9 Å². The summed E-state index contributed by atoms with van der Waals surface area (Å²) in [5, 5.41) is 2.32. The highest BCUT2D eigenvalue weighted by Gasteiger charge is 2.27. The van der Waals surface area contributed by atoms with Crippen LogP contribution in [0.15, 0.2) is 29.6 Å². The lowest BCUT2D eigenvalue weighted by Crippen LogP contribution is -2.25. The molecule has 0 fully saturated rings. The van der Waals surface area contributed by atoms with E-state index in [2.05, 4.69) is 9.97 Å². The van der Waals surface area contributed by atoms with E-state index in [1.54, 1.807) is 19.2 Å². The predicted molar refractivity (Wildman–Crippen MR) is 112 cm³/mol. The van der Waals surface area contributed by atoms with Crippen LogP contribution in [0.1, 0.15) is 62.0 Å². The quantitative estimate of drug-likeness (QED) is 0.470. The number of rotatable bonds is 6. The number of nitrogens with zero attached hydrogens (tertiary/aromatic N) is 1. The van der Waals surface area contributed by atoms with Crippen LogP contribution in [0.25, 0.3) is 10.6 Å². The molecule has 2 aromatic heterocycles. The number of H-pyrrole nitrogens is 1. The Morgan fingerprint density at radius 3 is 2.34 bits per heavy atom. The molecule has 2 heterocycles. The van der Waals surface area contributed by atoms with Crippen LogP contribution < -0.4 is 0 Å². The van der Waals surface area contributed by atoms with Crippen molar-refractivity contribution < 1.29 is 19.1 Å². The number of ether oxygens (including phenoxy) is 1. The number of thiazole rings is 1. The van der Waals surface area contributed by atoms with E-state index in [-0.39, 0.29) is 23.0 Å². The van der Waals surface area contributed by atoms with Gasteiger partial charge in [0.2, 0.25) is 5.78 Å². The third kappa shape index (κ3) is 4.19. The molecule has 0 amide bonds. The lowest BCUT2D eigenvalue weighted by atomic mass is 10.0. The summed E-state index contributed by atoms with van der Waals surface area (Å²) in [4.78, 5) is 44.2. The Hall–Kier alpha value is -3.06. The zero-order valence-electron chi connectivity index (χ0n) is 17.0. The molecule has 0 saturated heterocycles. The fourth-order valence-corrected chi connectivity index (χ4v) is 3.99. The molecule has 3 rings (SSSR count). The normalized spacial score (nSPS) is 11.9. The van der Waals surface area contributed by atoms with Gasteiger partial charge in [0.25, 0.3) is 0 Å². The van der Waals surface area contributed by atoms with Gasteiger partial charge in [-0.3, -0.25) is 9.59 Å². The fourth-order valence-electron chi connectivity index (χ4n) is 3.20. The first kappa shape index (κ1) is 20.7. The van der Waals surface area contributed by atoms with Crippen molar-refractivity contribution in [3.8, 4) is 10.6 Å². The Morgan fingerprint density at radius 1 is 1.10 bits per heavy atom. The molecule has 0 aliphatic carbocycles. The molecule has 0 saturated carbocycles. The number of carbonyl (C=O) groups excluding carboxylic acids is 3. The summed E-state index contributed by atoms with van der Waals surface area (Å²) >= 11 is 1.34. The van der Waals surface area contributed by atoms with Gasteiger partial charge < -0.3 is 9.72 Å². The van der Waals surface area contributed by atoms with Crippen LogP contribution in [0, 0.1) is 20.8 Å². The number of carbonyl (C=O) groups is 3. The van der Waals surface area contributed by atoms with Gasteiger partial charge in [-0.05, 0) is 40.2 Å². The van der Waals surface area contributed by atoms with Crippen LogP contribution in [0.4, 0.5) is 0 Å². The summed E-state index contributed by atoms with van der Waals surface area (Å²) in [5.74, 6) is -1.17. The minimum Gasteiger partial charge on any atom is -0.449 e. The second-order valence-electron chi connectivity index (χ2n) is 7.00. The Labute approximate surface area is 172 Å². The molecule has 7 heteroatoms. The van der Waals surface area contributed by atoms with E-state index in [1.165, 1.54) is 25.2 Å². The molecule has 0 bridgehead atoms. The molecule has 1 atom stereocenters. The van der Waals surface area contributed by atoms with Crippen molar-refractivity contribution in [2.75, 3.05) is 0 Å². The summed E-state index contributed by atoms with van der Waals surface area (Å²) in [5.41, 5.74) is 4.19. The third-order valence-electron chi connectivity index (χ3n) is 4.70. The van der Waals surface area contributed by atoms with E-state index in [4.69, 9.17) is 4.74 Å². The monoisotopic (exact) mass is 410 g/mol. The van der Waals surface area contributed by atoms with Crippen LogP contribution in [0.5, 0.6) is 0 Å². The topological polar surface area (TPSA) is 89.1 Å². The molecule has 0 aliphatic heterocycles. The average molecular weight is 410 g/mol. The van der Waals surface area contributed by atoms with Crippen molar-refractivity contribution in [2.24, 2.45) is 0 Å². The van der Waals surface area contributed by atoms with E-state index < -0.39 is 12.1 Å². The van der Waals surface area contributed by atoms with Crippen LogP contribution in [-0.2, 0) is 4.74 Å². The first-order valence-corrected chi connectivity index (χ1v) is 10.0. The average Bonchev–Trinajstić information content (AvgIpc) is 3.26. The van der Waals surface area contributed by atoms with Gasteiger partial charge in [-0.1, -0.05) is 29.8 Å². The third-order valence-corrected chi connectivity index (χ3v) is 5.59. The van der Waals surface area contributed by atoms with Crippen LogP contribution in [-0.4, -0.2) is 33.6 Å². The SMILES string of the molecule is CC(=O)c1c(C)[nH]c(C(=O)[C@@H](C)OC(=O)c2csc(-c3ccc(C)cc3)n2)c1C. The fraction of sp³-hybridized carbons (Fsp3) is 0.273. The minimum absolute atomic E-state index is 0.119.